The number of hydrogen-bond donors (Lipinski definition) is 1. The Morgan fingerprint density at radius 1 is 1.53 bits per heavy atom. The molecule has 0 atom stereocenters. The van der Waals surface area contributed by atoms with E-state index in [-0.39, 0.29) is 16.1 Å². The summed E-state index contributed by atoms with van der Waals surface area (Å²) in [7, 11) is -2.00. The van der Waals surface area contributed by atoms with Gasteiger partial charge in [-0.2, -0.15) is 9.40 Å². The second kappa shape index (κ2) is 5.78. The number of rotatable bonds is 4. The highest BCUT2D eigenvalue weighted by Crippen LogP contribution is 2.27. The van der Waals surface area contributed by atoms with Crippen LogP contribution in [-0.4, -0.2) is 48.2 Å². The van der Waals surface area contributed by atoms with E-state index in [0.29, 0.717) is 6.54 Å². The zero-order chi connectivity index (χ0) is 14.0. The highest BCUT2D eigenvalue weighted by Gasteiger charge is 2.34. The highest BCUT2D eigenvalue weighted by atomic mass is 35.5. The monoisotopic (exact) mass is 306 g/mol. The molecular formula is C11H19ClN4O2S. The molecule has 0 aromatic carbocycles. The fourth-order valence-corrected chi connectivity index (χ4v) is 4.82. The summed E-state index contributed by atoms with van der Waals surface area (Å²) in [5.74, 6) is 0. The largest absolute Gasteiger partial charge is 0.317 e. The van der Waals surface area contributed by atoms with Gasteiger partial charge in [0.1, 0.15) is 0 Å². The second-order valence-electron chi connectivity index (χ2n) is 4.61. The van der Waals surface area contributed by atoms with Crippen molar-refractivity contribution in [2.75, 3.05) is 19.6 Å². The van der Waals surface area contributed by atoms with Gasteiger partial charge in [-0.05, 0) is 25.9 Å². The highest BCUT2D eigenvalue weighted by molar-refractivity contribution is 7.89. The van der Waals surface area contributed by atoms with Gasteiger partial charge in [-0.1, -0.05) is 18.5 Å². The zero-order valence-corrected chi connectivity index (χ0v) is 12.7. The number of nitrogens with zero attached hydrogens (tertiary/aromatic N) is 3. The summed E-state index contributed by atoms with van der Waals surface area (Å²) in [5, 5.41) is 7.40. The predicted octanol–water partition coefficient (Wildman–Crippen LogP) is 0.836. The van der Waals surface area contributed by atoms with Gasteiger partial charge in [-0.3, -0.25) is 4.68 Å². The molecule has 108 valence electrons. The molecule has 1 aromatic heterocycles. The van der Waals surface area contributed by atoms with Crippen molar-refractivity contribution < 1.29 is 8.42 Å². The Balaban J connectivity index is 2.36. The average Bonchev–Trinajstić information content (AvgIpc) is 2.71. The molecule has 0 aliphatic carbocycles. The average molecular weight is 307 g/mol. The molecule has 1 aliphatic rings. The molecular weight excluding hydrogens is 288 g/mol. The Bertz CT molecular complexity index is 517. The van der Waals surface area contributed by atoms with Gasteiger partial charge in [0.05, 0.1) is 11.2 Å². The molecule has 8 heteroatoms. The van der Waals surface area contributed by atoms with Gasteiger partial charge in [0.15, 0.2) is 5.03 Å². The summed E-state index contributed by atoms with van der Waals surface area (Å²) in [6.07, 6.45) is 3.01. The van der Waals surface area contributed by atoms with Gasteiger partial charge in [0, 0.05) is 19.6 Å². The molecule has 1 fully saturated rings. The number of aromatic nitrogens is 2. The van der Waals surface area contributed by atoms with E-state index in [1.807, 2.05) is 6.92 Å². The van der Waals surface area contributed by atoms with E-state index in [1.165, 1.54) is 15.2 Å². The van der Waals surface area contributed by atoms with Crippen LogP contribution in [0.5, 0.6) is 0 Å². The van der Waals surface area contributed by atoms with E-state index in [0.717, 1.165) is 25.9 Å². The van der Waals surface area contributed by atoms with Crippen molar-refractivity contribution in [1.82, 2.24) is 19.4 Å². The Labute approximate surface area is 118 Å². The second-order valence-corrected chi connectivity index (χ2v) is 6.82. The van der Waals surface area contributed by atoms with Crippen LogP contribution in [0, 0.1) is 0 Å². The Morgan fingerprint density at radius 3 is 2.63 bits per heavy atom. The summed E-state index contributed by atoms with van der Waals surface area (Å²) in [6.45, 7) is 3.98. The summed E-state index contributed by atoms with van der Waals surface area (Å²) >= 11 is 5.97. The van der Waals surface area contributed by atoms with Gasteiger partial charge in [0.25, 0.3) is 10.0 Å². The normalized spacial score (nSPS) is 18.1. The first-order valence-electron chi connectivity index (χ1n) is 6.38. The number of aryl methyl sites for hydroxylation is 1. The molecule has 2 heterocycles. The van der Waals surface area contributed by atoms with Crippen LogP contribution in [0.4, 0.5) is 0 Å². The first-order valence-corrected chi connectivity index (χ1v) is 8.20. The number of piperidine rings is 1. The summed E-state index contributed by atoms with van der Waals surface area (Å²) < 4.78 is 28.3. The molecule has 0 bridgehead atoms. The van der Waals surface area contributed by atoms with E-state index in [2.05, 4.69) is 10.4 Å². The van der Waals surface area contributed by atoms with Crippen molar-refractivity contribution in [1.29, 1.82) is 0 Å². The van der Waals surface area contributed by atoms with Crippen LogP contribution >= 0.6 is 11.6 Å². The molecule has 19 heavy (non-hydrogen) atoms. The predicted molar refractivity (Wildman–Crippen MR) is 73.7 cm³/mol. The van der Waals surface area contributed by atoms with Gasteiger partial charge in [-0.25, -0.2) is 8.42 Å². The maximum atomic E-state index is 12.7. The molecule has 1 aliphatic heterocycles. The number of sulfonamides is 1. The maximum Gasteiger partial charge on any atom is 0.261 e. The Hall–Kier alpha value is -0.630. The fourth-order valence-electron chi connectivity index (χ4n) is 2.52. The first-order chi connectivity index (χ1) is 8.98. The molecule has 0 unspecified atom stereocenters. The first kappa shape index (κ1) is 14.8. The number of nitrogens with one attached hydrogen (secondary N) is 1. The molecule has 1 saturated heterocycles. The number of hydrogen-bond acceptors (Lipinski definition) is 4. The molecule has 1 aromatic rings. The molecule has 6 nitrogen and oxygen atoms in total. The maximum absolute atomic E-state index is 12.7. The van der Waals surface area contributed by atoms with Crippen molar-refractivity contribution >= 4 is 21.6 Å². The summed E-state index contributed by atoms with van der Waals surface area (Å²) in [4.78, 5) is 0. The Morgan fingerprint density at radius 2 is 2.16 bits per heavy atom. The van der Waals surface area contributed by atoms with E-state index < -0.39 is 10.0 Å². The fraction of sp³-hybridized carbons (Fsp3) is 0.727. The molecule has 0 radical (unpaired) electrons. The lowest BCUT2D eigenvalue weighted by Crippen LogP contribution is -2.46. The van der Waals surface area contributed by atoms with Crippen LogP contribution in [0.1, 0.15) is 19.8 Å². The minimum atomic E-state index is -3.59. The van der Waals surface area contributed by atoms with Crippen molar-refractivity contribution in [3.8, 4) is 0 Å². The Kier molecular flexibility index (Phi) is 4.50. The third kappa shape index (κ3) is 2.79. The van der Waals surface area contributed by atoms with E-state index in [4.69, 9.17) is 11.6 Å². The summed E-state index contributed by atoms with van der Waals surface area (Å²) in [6, 6.07) is 0.0298. The molecule has 0 amide bonds. The van der Waals surface area contributed by atoms with E-state index in [1.54, 1.807) is 7.05 Å². The standard InChI is InChI=1S/C11H19ClN4O2S/c1-3-16(9-4-6-13-7-5-9)19(17,18)11-10(12)8-14-15(11)2/h8-9,13H,3-7H2,1-2H3. The lowest BCUT2D eigenvalue weighted by atomic mass is 10.1. The van der Waals surface area contributed by atoms with Crippen LogP contribution in [0.25, 0.3) is 0 Å². The quantitative estimate of drug-likeness (QED) is 0.895. The van der Waals surface area contributed by atoms with Crippen molar-refractivity contribution in [2.45, 2.75) is 30.8 Å². The SMILES string of the molecule is CCN(C1CCNCC1)S(=O)(=O)c1c(Cl)cnn1C. The summed E-state index contributed by atoms with van der Waals surface area (Å²) in [5.41, 5.74) is 0. The number of halogens is 1. The third-order valence-electron chi connectivity index (χ3n) is 3.42. The van der Waals surface area contributed by atoms with E-state index >= 15 is 0 Å². The van der Waals surface area contributed by atoms with Crippen LogP contribution in [-0.2, 0) is 17.1 Å². The minimum Gasteiger partial charge on any atom is -0.317 e. The molecule has 0 saturated carbocycles. The van der Waals surface area contributed by atoms with Gasteiger partial charge < -0.3 is 5.32 Å². The lowest BCUT2D eigenvalue weighted by Gasteiger charge is -2.32. The van der Waals surface area contributed by atoms with Gasteiger partial charge >= 0.3 is 0 Å². The van der Waals surface area contributed by atoms with Crippen LogP contribution in [0.2, 0.25) is 5.02 Å². The van der Waals surface area contributed by atoms with E-state index in [9.17, 15) is 8.42 Å². The molecule has 0 spiro atoms. The smallest absolute Gasteiger partial charge is 0.261 e. The minimum absolute atomic E-state index is 0.0298. The topological polar surface area (TPSA) is 67.2 Å². The van der Waals surface area contributed by atoms with Crippen LogP contribution in [0.15, 0.2) is 11.2 Å². The van der Waals surface area contributed by atoms with Gasteiger partial charge in [-0.15, -0.1) is 0 Å². The molecule has 2 rings (SSSR count). The van der Waals surface area contributed by atoms with Crippen molar-refractivity contribution in [3.63, 3.8) is 0 Å². The zero-order valence-electron chi connectivity index (χ0n) is 11.1. The third-order valence-corrected chi connectivity index (χ3v) is 5.96. The van der Waals surface area contributed by atoms with Gasteiger partial charge in [0.2, 0.25) is 0 Å². The van der Waals surface area contributed by atoms with Crippen molar-refractivity contribution in [2.24, 2.45) is 7.05 Å². The van der Waals surface area contributed by atoms with Crippen LogP contribution < -0.4 is 5.32 Å². The van der Waals surface area contributed by atoms with Crippen LogP contribution in [0.3, 0.4) is 0 Å². The molecule has 1 N–H and O–H groups in total. The lowest BCUT2D eigenvalue weighted by molar-refractivity contribution is 0.269. The van der Waals surface area contributed by atoms with Crippen molar-refractivity contribution in [3.05, 3.63) is 11.2 Å².